The average molecular weight is 288 g/mol. The van der Waals surface area contributed by atoms with E-state index in [2.05, 4.69) is 29.4 Å². The summed E-state index contributed by atoms with van der Waals surface area (Å²) in [6.45, 7) is 5.18. The van der Waals surface area contributed by atoms with Gasteiger partial charge < -0.3 is 26.4 Å². The topological polar surface area (TPSA) is 125 Å². The van der Waals surface area contributed by atoms with Crippen LogP contribution in [0, 0.1) is 0 Å². The number of primary amides is 1. The molecule has 3 amide bonds. The van der Waals surface area contributed by atoms with Crippen LogP contribution in [0.4, 0.5) is 4.79 Å². The van der Waals surface area contributed by atoms with Crippen LogP contribution in [0.25, 0.3) is 0 Å². The van der Waals surface area contributed by atoms with Crippen LogP contribution in [0.2, 0.25) is 0 Å². The van der Waals surface area contributed by atoms with Crippen LogP contribution in [-0.2, 0) is 9.59 Å². The van der Waals surface area contributed by atoms with Gasteiger partial charge in [0.05, 0.1) is 6.42 Å². The first kappa shape index (κ1) is 18.2. The molecule has 0 saturated carbocycles. The molecule has 0 aliphatic heterocycles. The van der Waals surface area contributed by atoms with Gasteiger partial charge in [0.15, 0.2) is 0 Å². The number of aliphatic carboxylic acids is 1. The van der Waals surface area contributed by atoms with Crippen LogP contribution in [0.15, 0.2) is 0 Å². The molecule has 8 nitrogen and oxygen atoms in total. The van der Waals surface area contributed by atoms with E-state index in [1.165, 1.54) is 0 Å². The van der Waals surface area contributed by atoms with Crippen molar-refractivity contribution in [3.63, 3.8) is 0 Å². The molecule has 20 heavy (non-hydrogen) atoms. The summed E-state index contributed by atoms with van der Waals surface area (Å²) < 4.78 is 0. The van der Waals surface area contributed by atoms with E-state index in [-0.39, 0.29) is 0 Å². The molecule has 0 heterocycles. The van der Waals surface area contributed by atoms with Crippen LogP contribution in [0.3, 0.4) is 0 Å². The molecule has 2 atom stereocenters. The van der Waals surface area contributed by atoms with E-state index in [1.54, 1.807) is 0 Å². The second-order valence-electron chi connectivity index (χ2n) is 4.70. The molecule has 116 valence electrons. The third-order valence-corrected chi connectivity index (χ3v) is 3.10. The highest BCUT2D eigenvalue weighted by atomic mass is 16.4. The Morgan fingerprint density at radius 3 is 2.40 bits per heavy atom. The molecule has 0 rings (SSSR count). The van der Waals surface area contributed by atoms with Gasteiger partial charge in [-0.1, -0.05) is 6.92 Å². The van der Waals surface area contributed by atoms with Gasteiger partial charge in [-0.15, -0.1) is 0 Å². The van der Waals surface area contributed by atoms with Gasteiger partial charge in [0.1, 0.15) is 6.04 Å². The lowest BCUT2D eigenvalue weighted by atomic mass is 10.2. The summed E-state index contributed by atoms with van der Waals surface area (Å²) in [4.78, 5) is 35.1. The van der Waals surface area contributed by atoms with Gasteiger partial charge >= 0.3 is 12.0 Å². The molecular formula is C12H24N4O4. The van der Waals surface area contributed by atoms with E-state index < -0.39 is 30.4 Å². The Morgan fingerprint density at radius 1 is 1.35 bits per heavy atom. The number of hydrogen-bond donors (Lipinski definition) is 4. The van der Waals surface area contributed by atoms with Crippen molar-refractivity contribution >= 4 is 17.9 Å². The van der Waals surface area contributed by atoms with E-state index in [0.29, 0.717) is 19.1 Å². The van der Waals surface area contributed by atoms with Crippen LogP contribution in [0.5, 0.6) is 0 Å². The van der Waals surface area contributed by atoms with Crippen molar-refractivity contribution in [1.29, 1.82) is 0 Å². The number of likely N-dealkylation sites (N-methyl/N-ethyl adjacent to an activating group) is 1. The SMILES string of the molecule is CCC(C)N(C)CCNC(=O)N[C@H](CC(N)=O)C(=O)O. The number of nitrogens with zero attached hydrogens (tertiary/aromatic N) is 1. The first-order valence-electron chi connectivity index (χ1n) is 6.53. The van der Waals surface area contributed by atoms with Crippen molar-refractivity contribution in [2.75, 3.05) is 20.1 Å². The van der Waals surface area contributed by atoms with Gasteiger partial charge in [-0.2, -0.15) is 0 Å². The molecule has 0 aliphatic rings. The van der Waals surface area contributed by atoms with E-state index in [4.69, 9.17) is 10.8 Å². The van der Waals surface area contributed by atoms with E-state index in [9.17, 15) is 14.4 Å². The number of urea groups is 1. The van der Waals surface area contributed by atoms with Gasteiger partial charge in [-0.05, 0) is 20.4 Å². The predicted molar refractivity (Wildman–Crippen MR) is 74.2 cm³/mol. The Bertz CT molecular complexity index is 348. The zero-order valence-corrected chi connectivity index (χ0v) is 12.2. The van der Waals surface area contributed by atoms with Gasteiger partial charge in [0.2, 0.25) is 5.91 Å². The Balaban J connectivity index is 4.08. The monoisotopic (exact) mass is 288 g/mol. The fourth-order valence-corrected chi connectivity index (χ4v) is 1.49. The highest BCUT2D eigenvalue weighted by Crippen LogP contribution is 1.98. The van der Waals surface area contributed by atoms with Crippen molar-refractivity contribution in [3.8, 4) is 0 Å². The maximum Gasteiger partial charge on any atom is 0.326 e. The number of carboxylic acids is 1. The maximum atomic E-state index is 11.5. The number of nitrogens with one attached hydrogen (secondary N) is 2. The maximum absolute atomic E-state index is 11.5. The Kier molecular flexibility index (Phi) is 8.30. The van der Waals surface area contributed by atoms with Crippen molar-refractivity contribution in [2.45, 2.75) is 38.8 Å². The lowest BCUT2D eigenvalue weighted by molar-refractivity contribution is -0.140. The lowest BCUT2D eigenvalue weighted by Gasteiger charge is -2.23. The molecule has 5 N–H and O–H groups in total. The predicted octanol–water partition coefficient (Wildman–Crippen LogP) is -0.655. The third-order valence-electron chi connectivity index (χ3n) is 3.10. The zero-order chi connectivity index (χ0) is 15.7. The average Bonchev–Trinajstić information content (AvgIpc) is 2.36. The first-order chi connectivity index (χ1) is 9.27. The summed E-state index contributed by atoms with van der Waals surface area (Å²) >= 11 is 0. The molecule has 1 unspecified atom stereocenters. The summed E-state index contributed by atoms with van der Waals surface area (Å²) in [5.41, 5.74) is 4.91. The quantitative estimate of drug-likeness (QED) is 0.448. The summed E-state index contributed by atoms with van der Waals surface area (Å²) in [6, 6.07) is -1.53. The Labute approximate surface area is 118 Å². The summed E-state index contributed by atoms with van der Waals surface area (Å²) in [5.74, 6) is -2.08. The number of amides is 3. The van der Waals surface area contributed by atoms with Gasteiger partial charge in [0.25, 0.3) is 0 Å². The second kappa shape index (κ2) is 9.13. The van der Waals surface area contributed by atoms with E-state index >= 15 is 0 Å². The molecular weight excluding hydrogens is 264 g/mol. The third kappa shape index (κ3) is 7.57. The highest BCUT2D eigenvalue weighted by Gasteiger charge is 2.21. The standard InChI is InChI=1S/C12H24N4O4/c1-4-8(2)16(3)6-5-14-12(20)15-9(11(18)19)7-10(13)17/h8-9H,4-7H2,1-3H3,(H2,13,17)(H,18,19)(H2,14,15,20)/t8?,9-/m1/s1. The molecule has 0 saturated heterocycles. The Morgan fingerprint density at radius 2 is 1.95 bits per heavy atom. The first-order valence-corrected chi connectivity index (χ1v) is 6.53. The smallest absolute Gasteiger partial charge is 0.326 e. The highest BCUT2D eigenvalue weighted by molar-refractivity contribution is 5.87. The largest absolute Gasteiger partial charge is 0.480 e. The minimum Gasteiger partial charge on any atom is -0.480 e. The van der Waals surface area contributed by atoms with Crippen molar-refractivity contribution in [3.05, 3.63) is 0 Å². The van der Waals surface area contributed by atoms with Gasteiger partial charge in [-0.3, -0.25) is 4.79 Å². The van der Waals surface area contributed by atoms with Crippen LogP contribution < -0.4 is 16.4 Å². The number of carboxylic acid groups (broad SMARTS) is 1. The molecule has 0 bridgehead atoms. The Hall–Kier alpha value is -1.83. The molecule has 0 aromatic carbocycles. The number of hydrogen-bond acceptors (Lipinski definition) is 4. The van der Waals surface area contributed by atoms with Crippen molar-refractivity contribution in [2.24, 2.45) is 5.73 Å². The normalized spacial score (nSPS) is 13.6. The van der Waals surface area contributed by atoms with Crippen molar-refractivity contribution < 1.29 is 19.5 Å². The number of carbonyl (C=O) groups is 3. The van der Waals surface area contributed by atoms with E-state index in [1.807, 2.05) is 7.05 Å². The summed E-state index contributed by atoms with van der Waals surface area (Å²) in [5, 5.41) is 13.6. The van der Waals surface area contributed by atoms with E-state index in [0.717, 1.165) is 6.42 Å². The number of nitrogens with two attached hydrogens (primary N) is 1. The number of carbonyl (C=O) groups excluding carboxylic acids is 2. The molecule has 0 aromatic heterocycles. The lowest BCUT2D eigenvalue weighted by Crippen LogP contribution is -2.49. The summed E-state index contributed by atoms with van der Waals surface area (Å²) in [6.07, 6.45) is 0.567. The molecule has 0 spiro atoms. The fraction of sp³-hybridized carbons (Fsp3) is 0.750. The number of rotatable bonds is 9. The molecule has 8 heteroatoms. The second-order valence-corrected chi connectivity index (χ2v) is 4.70. The zero-order valence-electron chi connectivity index (χ0n) is 12.2. The minimum absolute atomic E-state index is 0.385. The fourth-order valence-electron chi connectivity index (χ4n) is 1.49. The van der Waals surface area contributed by atoms with Gasteiger partial charge in [0, 0.05) is 19.1 Å². The molecule has 0 aromatic rings. The molecule has 0 radical (unpaired) electrons. The molecule has 0 aliphatic carbocycles. The minimum atomic E-state index is -1.31. The van der Waals surface area contributed by atoms with Gasteiger partial charge in [-0.25, -0.2) is 9.59 Å². The molecule has 0 fully saturated rings. The van der Waals surface area contributed by atoms with Crippen molar-refractivity contribution in [1.82, 2.24) is 15.5 Å². The summed E-state index contributed by atoms with van der Waals surface area (Å²) in [7, 11) is 1.95. The van der Waals surface area contributed by atoms with Crippen LogP contribution in [-0.4, -0.2) is 60.1 Å². The van der Waals surface area contributed by atoms with Crippen LogP contribution >= 0.6 is 0 Å². The van der Waals surface area contributed by atoms with Crippen LogP contribution in [0.1, 0.15) is 26.7 Å².